The van der Waals surface area contributed by atoms with E-state index in [-0.39, 0.29) is 5.92 Å². The highest BCUT2D eigenvalue weighted by Gasteiger charge is 2.10. The zero-order chi connectivity index (χ0) is 15.4. The number of aromatic nitrogens is 2. The van der Waals surface area contributed by atoms with Gasteiger partial charge in [-0.2, -0.15) is 0 Å². The number of anilines is 3. The standard InChI is InChI=1S/C16H23N5/c1-10(2)12-7-5-6-8-13(12)18-14-9-15(21-17)20-16(19-14)11(3)4/h5-11H,17H2,1-4H3,(H2,18,19,20,21). The molecule has 112 valence electrons. The summed E-state index contributed by atoms with van der Waals surface area (Å²) >= 11 is 0. The van der Waals surface area contributed by atoms with E-state index in [0.717, 1.165) is 17.3 Å². The molecular formula is C16H23N5. The number of nitrogen functional groups attached to an aromatic ring is 1. The van der Waals surface area contributed by atoms with Crippen molar-refractivity contribution in [1.29, 1.82) is 0 Å². The van der Waals surface area contributed by atoms with Gasteiger partial charge >= 0.3 is 0 Å². The van der Waals surface area contributed by atoms with Crippen molar-refractivity contribution in [3.63, 3.8) is 0 Å². The van der Waals surface area contributed by atoms with Crippen LogP contribution < -0.4 is 16.6 Å². The second kappa shape index (κ2) is 6.54. The van der Waals surface area contributed by atoms with Crippen molar-refractivity contribution >= 4 is 17.3 Å². The van der Waals surface area contributed by atoms with Gasteiger partial charge in [-0.15, -0.1) is 0 Å². The SMILES string of the molecule is CC(C)c1nc(NN)cc(Nc2ccccc2C(C)C)n1. The molecule has 0 fully saturated rings. The Morgan fingerprint density at radius 1 is 0.952 bits per heavy atom. The van der Waals surface area contributed by atoms with Crippen molar-refractivity contribution in [1.82, 2.24) is 9.97 Å². The van der Waals surface area contributed by atoms with E-state index in [0.29, 0.717) is 11.7 Å². The van der Waals surface area contributed by atoms with Crippen LogP contribution in [0, 0.1) is 0 Å². The molecule has 0 spiro atoms. The second-order valence-corrected chi connectivity index (χ2v) is 5.66. The lowest BCUT2D eigenvalue weighted by Gasteiger charge is -2.15. The topological polar surface area (TPSA) is 75.9 Å². The molecule has 2 aromatic rings. The molecule has 0 radical (unpaired) electrons. The van der Waals surface area contributed by atoms with Crippen molar-refractivity contribution in [2.45, 2.75) is 39.5 Å². The van der Waals surface area contributed by atoms with Crippen LogP contribution in [0.4, 0.5) is 17.3 Å². The number of nitrogens with zero attached hydrogens (tertiary/aromatic N) is 2. The van der Waals surface area contributed by atoms with Gasteiger partial charge in [-0.1, -0.05) is 45.9 Å². The summed E-state index contributed by atoms with van der Waals surface area (Å²) < 4.78 is 0. The predicted molar refractivity (Wildman–Crippen MR) is 87.7 cm³/mol. The van der Waals surface area contributed by atoms with Crippen molar-refractivity contribution in [2.75, 3.05) is 10.7 Å². The Morgan fingerprint density at radius 3 is 2.24 bits per heavy atom. The number of benzene rings is 1. The van der Waals surface area contributed by atoms with Gasteiger partial charge in [0, 0.05) is 17.7 Å². The molecule has 0 saturated heterocycles. The molecule has 1 aromatic heterocycles. The van der Waals surface area contributed by atoms with Crippen LogP contribution >= 0.6 is 0 Å². The van der Waals surface area contributed by atoms with Crippen LogP contribution in [0.25, 0.3) is 0 Å². The van der Waals surface area contributed by atoms with E-state index in [4.69, 9.17) is 5.84 Å². The molecule has 0 amide bonds. The number of nitrogens with two attached hydrogens (primary N) is 1. The largest absolute Gasteiger partial charge is 0.340 e. The van der Waals surface area contributed by atoms with E-state index in [1.807, 2.05) is 18.2 Å². The predicted octanol–water partition coefficient (Wildman–Crippen LogP) is 3.75. The maximum Gasteiger partial charge on any atom is 0.145 e. The lowest BCUT2D eigenvalue weighted by molar-refractivity contribution is 0.777. The van der Waals surface area contributed by atoms with Gasteiger partial charge in [-0.3, -0.25) is 0 Å². The number of hydrogen-bond acceptors (Lipinski definition) is 5. The molecule has 0 unspecified atom stereocenters. The van der Waals surface area contributed by atoms with Crippen molar-refractivity contribution in [3.8, 4) is 0 Å². The van der Waals surface area contributed by atoms with Gasteiger partial charge in [0.15, 0.2) is 0 Å². The molecule has 4 N–H and O–H groups in total. The maximum absolute atomic E-state index is 5.49. The van der Waals surface area contributed by atoms with Crippen LogP contribution in [0.15, 0.2) is 30.3 Å². The summed E-state index contributed by atoms with van der Waals surface area (Å²) in [7, 11) is 0. The van der Waals surface area contributed by atoms with Crippen molar-refractivity contribution in [3.05, 3.63) is 41.7 Å². The number of hydrogen-bond donors (Lipinski definition) is 3. The summed E-state index contributed by atoms with van der Waals surface area (Å²) in [5.74, 6) is 8.28. The number of nitrogens with one attached hydrogen (secondary N) is 2. The third-order valence-corrected chi connectivity index (χ3v) is 3.25. The lowest BCUT2D eigenvalue weighted by Crippen LogP contribution is -2.12. The monoisotopic (exact) mass is 285 g/mol. The van der Waals surface area contributed by atoms with Gasteiger partial charge in [0.05, 0.1) is 0 Å². The van der Waals surface area contributed by atoms with Gasteiger partial charge in [-0.25, -0.2) is 15.8 Å². The normalized spacial score (nSPS) is 11.0. The molecule has 21 heavy (non-hydrogen) atoms. The first kappa shape index (κ1) is 15.3. The molecule has 0 aliphatic carbocycles. The Balaban J connectivity index is 2.37. The summed E-state index contributed by atoms with van der Waals surface area (Å²) in [5.41, 5.74) is 4.91. The maximum atomic E-state index is 5.49. The number of para-hydroxylation sites is 1. The highest BCUT2D eigenvalue weighted by molar-refractivity contribution is 5.63. The van der Waals surface area contributed by atoms with E-state index in [1.54, 1.807) is 0 Å². The first-order chi connectivity index (χ1) is 10.0. The van der Waals surface area contributed by atoms with E-state index >= 15 is 0 Å². The molecule has 1 aromatic carbocycles. The van der Waals surface area contributed by atoms with Gasteiger partial charge < -0.3 is 10.7 Å². The quantitative estimate of drug-likeness (QED) is 0.576. The molecule has 0 saturated carbocycles. The molecule has 1 heterocycles. The Morgan fingerprint density at radius 2 is 1.62 bits per heavy atom. The minimum Gasteiger partial charge on any atom is -0.340 e. The van der Waals surface area contributed by atoms with Crippen molar-refractivity contribution < 1.29 is 0 Å². The smallest absolute Gasteiger partial charge is 0.145 e. The van der Waals surface area contributed by atoms with Gasteiger partial charge in [0.1, 0.15) is 17.5 Å². The van der Waals surface area contributed by atoms with E-state index < -0.39 is 0 Å². The Labute approximate surface area is 126 Å². The van der Waals surface area contributed by atoms with Crippen LogP contribution in [0.1, 0.15) is 50.9 Å². The fourth-order valence-electron chi connectivity index (χ4n) is 2.11. The number of hydrazine groups is 1. The van der Waals surface area contributed by atoms with Crippen LogP contribution in [0.5, 0.6) is 0 Å². The molecular weight excluding hydrogens is 262 g/mol. The van der Waals surface area contributed by atoms with Gasteiger partial charge in [0.25, 0.3) is 0 Å². The van der Waals surface area contributed by atoms with E-state index in [2.05, 4.69) is 60.5 Å². The first-order valence-electron chi connectivity index (χ1n) is 7.22. The molecule has 0 aliphatic rings. The third-order valence-electron chi connectivity index (χ3n) is 3.25. The van der Waals surface area contributed by atoms with Crippen LogP contribution in [-0.4, -0.2) is 9.97 Å². The molecule has 0 bridgehead atoms. The van der Waals surface area contributed by atoms with Gasteiger partial charge in [0.2, 0.25) is 0 Å². The Hall–Kier alpha value is -2.14. The molecule has 2 rings (SSSR count). The minimum atomic E-state index is 0.235. The average molecular weight is 285 g/mol. The zero-order valence-corrected chi connectivity index (χ0v) is 13.0. The van der Waals surface area contributed by atoms with E-state index in [9.17, 15) is 0 Å². The minimum absolute atomic E-state index is 0.235. The molecule has 0 atom stereocenters. The fourth-order valence-corrected chi connectivity index (χ4v) is 2.11. The average Bonchev–Trinajstić information content (AvgIpc) is 2.47. The zero-order valence-electron chi connectivity index (χ0n) is 13.0. The Bertz CT molecular complexity index is 607. The molecule has 0 aliphatic heterocycles. The third kappa shape index (κ3) is 3.70. The Kier molecular flexibility index (Phi) is 4.75. The van der Waals surface area contributed by atoms with E-state index in [1.165, 1.54) is 5.56 Å². The highest BCUT2D eigenvalue weighted by Crippen LogP contribution is 2.27. The summed E-state index contributed by atoms with van der Waals surface area (Å²) in [5, 5.41) is 3.38. The first-order valence-corrected chi connectivity index (χ1v) is 7.22. The second-order valence-electron chi connectivity index (χ2n) is 5.66. The van der Waals surface area contributed by atoms with Gasteiger partial charge in [-0.05, 0) is 17.5 Å². The summed E-state index contributed by atoms with van der Waals surface area (Å²) in [4.78, 5) is 8.92. The summed E-state index contributed by atoms with van der Waals surface area (Å²) in [6.07, 6.45) is 0. The lowest BCUT2D eigenvalue weighted by atomic mass is 10.0. The summed E-state index contributed by atoms with van der Waals surface area (Å²) in [6.45, 7) is 8.46. The fraction of sp³-hybridized carbons (Fsp3) is 0.375. The summed E-state index contributed by atoms with van der Waals surface area (Å²) in [6, 6.07) is 10.1. The molecule has 5 heteroatoms. The highest BCUT2D eigenvalue weighted by atomic mass is 15.3. The van der Waals surface area contributed by atoms with Crippen LogP contribution in [0.3, 0.4) is 0 Å². The molecule has 5 nitrogen and oxygen atoms in total. The number of rotatable bonds is 5. The van der Waals surface area contributed by atoms with Crippen LogP contribution in [-0.2, 0) is 0 Å². The van der Waals surface area contributed by atoms with Crippen LogP contribution in [0.2, 0.25) is 0 Å². The van der Waals surface area contributed by atoms with Crippen molar-refractivity contribution in [2.24, 2.45) is 5.84 Å².